The third kappa shape index (κ3) is 6.88. The smallest absolute Gasteiger partial charge is 0.326 e. The largest absolute Gasteiger partial charge is 0.491 e. The molecule has 1 unspecified atom stereocenters. The SMILES string of the molecule is CCOc1cc(C(N)CS(C)(=O)=O)cc(N(C(C)=O)[C@@H](CC(C)C)C(=O)O)c1OC. The van der Waals surface area contributed by atoms with E-state index in [9.17, 15) is 23.1 Å². The average Bonchev–Trinajstić information content (AvgIpc) is 2.59. The number of carbonyl (C=O) groups is 2. The molecule has 0 saturated heterocycles. The van der Waals surface area contributed by atoms with Crippen LogP contribution in [0.15, 0.2) is 12.1 Å². The lowest BCUT2D eigenvalue weighted by atomic mass is 10.00. The summed E-state index contributed by atoms with van der Waals surface area (Å²) in [5, 5.41) is 9.80. The van der Waals surface area contributed by atoms with Crippen molar-refractivity contribution in [3.8, 4) is 11.5 Å². The van der Waals surface area contributed by atoms with Gasteiger partial charge in [0.25, 0.3) is 0 Å². The standard InChI is InChI=1S/C20H32N2O7S/c1-7-29-18-10-14(15(21)11-30(6,26)27)9-16(19(18)28-5)22(13(4)23)17(20(24)25)8-12(2)3/h9-10,12,15,17H,7-8,11,21H2,1-6H3,(H,24,25)/t15?,17-/m0/s1. The molecule has 30 heavy (non-hydrogen) atoms. The van der Waals surface area contributed by atoms with Gasteiger partial charge in [-0.05, 0) is 37.0 Å². The Morgan fingerprint density at radius 1 is 1.27 bits per heavy atom. The van der Waals surface area contributed by atoms with E-state index in [4.69, 9.17) is 15.2 Å². The molecule has 9 nitrogen and oxygen atoms in total. The zero-order valence-corrected chi connectivity index (χ0v) is 19.2. The lowest BCUT2D eigenvalue weighted by Gasteiger charge is -2.31. The van der Waals surface area contributed by atoms with E-state index in [1.54, 1.807) is 13.0 Å². The second-order valence-corrected chi connectivity index (χ2v) is 9.76. The number of methoxy groups -OCH3 is 1. The van der Waals surface area contributed by atoms with Crippen LogP contribution in [-0.4, -0.2) is 57.2 Å². The molecule has 1 rings (SSSR count). The number of carboxylic acid groups (broad SMARTS) is 1. The predicted molar refractivity (Wildman–Crippen MR) is 115 cm³/mol. The molecule has 0 aliphatic heterocycles. The van der Waals surface area contributed by atoms with E-state index in [0.717, 1.165) is 11.2 Å². The Kier molecular flexibility index (Phi) is 9.10. The predicted octanol–water partition coefficient (Wildman–Crippen LogP) is 1.99. The molecule has 1 aromatic carbocycles. The van der Waals surface area contributed by atoms with E-state index in [0.29, 0.717) is 5.56 Å². The van der Waals surface area contributed by atoms with Gasteiger partial charge >= 0.3 is 5.97 Å². The molecule has 0 bridgehead atoms. The Hall–Kier alpha value is -2.33. The Balaban J connectivity index is 3.75. The minimum absolute atomic E-state index is 0.000908. The summed E-state index contributed by atoms with van der Waals surface area (Å²) < 4.78 is 34.5. The highest BCUT2D eigenvalue weighted by Crippen LogP contribution is 2.42. The average molecular weight is 445 g/mol. The van der Waals surface area contributed by atoms with Gasteiger partial charge in [-0.25, -0.2) is 13.2 Å². The molecule has 0 heterocycles. The van der Waals surface area contributed by atoms with Crippen molar-refractivity contribution in [2.24, 2.45) is 11.7 Å². The number of sulfone groups is 1. The van der Waals surface area contributed by atoms with Crippen LogP contribution in [0.3, 0.4) is 0 Å². The van der Waals surface area contributed by atoms with Crippen LogP contribution < -0.4 is 20.1 Å². The molecule has 0 aliphatic carbocycles. The Bertz CT molecular complexity index is 868. The lowest BCUT2D eigenvalue weighted by Crippen LogP contribution is -2.45. The summed E-state index contributed by atoms with van der Waals surface area (Å²) in [5.41, 5.74) is 6.66. The molecular weight excluding hydrogens is 412 g/mol. The van der Waals surface area contributed by atoms with E-state index in [1.165, 1.54) is 20.1 Å². The normalized spacial score (nSPS) is 13.6. The van der Waals surface area contributed by atoms with Crippen molar-refractivity contribution >= 4 is 27.4 Å². The Morgan fingerprint density at radius 2 is 1.87 bits per heavy atom. The number of nitrogens with two attached hydrogens (primary N) is 1. The summed E-state index contributed by atoms with van der Waals surface area (Å²) in [6.07, 6.45) is 1.29. The van der Waals surface area contributed by atoms with Gasteiger partial charge in [0.1, 0.15) is 15.9 Å². The van der Waals surface area contributed by atoms with Crippen LogP contribution in [0.2, 0.25) is 0 Å². The van der Waals surface area contributed by atoms with Gasteiger partial charge in [0.05, 0.1) is 25.2 Å². The first-order valence-corrected chi connectivity index (χ1v) is 11.7. The molecule has 0 spiro atoms. The second kappa shape index (κ2) is 10.6. The first-order chi connectivity index (χ1) is 13.8. The molecule has 3 N–H and O–H groups in total. The molecule has 0 fully saturated rings. The highest BCUT2D eigenvalue weighted by atomic mass is 32.2. The summed E-state index contributed by atoms with van der Waals surface area (Å²) in [6, 6.07) is 1.01. The highest BCUT2D eigenvalue weighted by Gasteiger charge is 2.33. The number of amides is 1. The third-order valence-electron chi connectivity index (χ3n) is 4.36. The number of benzene rings is 1. The van der Waals surface area contributed by atoms with E-state index in [-0.39, 0.29) is 41.9 Å². The first-order valence-electron chi connectivity index (χ1n) is 9.62. The van der Waals surface area contributed by atoms with Gasteiger partial charge in [-0.15, -0.1) is 0 Å². The maximum absolute atomic E-state index is 12.6. The van der Waals surface area contributed by atoms with Crippen molar-refractivity contribution in [1.29, 1.82) is 0 Å². The summed E-state index contributed by atoms with van der Waals surface area (Å²) in [6.45, 7) is 7.00. The molecule has 0 aliphatic rings. The first kappa shape index (κ1) is 25.7. The number of nitrogens with zero attached hydrogens (tertiary/aromatic N) is 1. The molecule has 2 atom stereocenters. The minimum Gasteiger partial charge on any atom is -0.491 e. The van der Waals surface area contributed by atoms with E-state index >= 15 is 0 Å². The van der Waals surface area contributed by atoms with Gasteiger partial charge in [-0.3, -0.25) is 9.69 Å². The molecule has 0 radical (unpaired) electrons. The van der Waals surface area contributed by atoms with E-state index < -0.39 is 33.8 Å². The maximum Gasteiger partial charge on any atom is 0.326 e. The summed E-state index contributed by atoms with van der Waals surface area (Å²) >= 11 is 0. The summed E-state index contributed by atoms with van der Waals surface area (Å²) in [7, 11) is -2.00. The minimum atomic E-state index is -3.38. The topological polar surface area (TPSA) is 136 Å². The molecule has 1 amide bonds. The molecule has 0 saturated carbocycles. The monoisotopic (exact) mass is 444 g/mol. The van der Waals surface area contributed by atoms with Crippen LogP contribution in [-0.2, 0) is 19.4 Å². The summed E-state index contributed by atoms with van der Waals surface area (Å²) in [4.78, 5) is 25.7. The number of rotatable bonds is 11. The fraction of sp³-hybridized carbons (Fsp3) is 0.600. The molecule has 170 valence electrons. The van der Waals surface area contributed by atoms with E-state index in [2.05, 4.69) is 0 Å². The Morgan fingerprint density at radius 3 is 2.27 bits per heavy atom. The van der Waals surface area contributed by atoms with Gasteiger partial charge in [0, 0.05) is 19.2 Å². The number of hydrogen-bond donors (Lipinski definition) is 2. The van der Waals surface area contributed by atoms with Gasteiger partial charge in [0.2, 0.25) is 5.91 Å². The van der Waals surface area contributed by atoms with Crippen molar-refractivity contribution in [3.05, 3.63) is 17.7 Å². The number of hydrogen-bond acceptors (Lipinski definition) is 7. The van der Waals surface area contributed by atoms with Gasteiger partial charge in [-0.2, -0.15) is 0 Å². The van der Waals surface area contributed by atoms with Gasteiger partial charge in [-0.1, -0.05) is 13.8 Å². The Labute approximate surface area is 178 Å². The van der Waals surface area contributed by atoms with Crippen LogP contribution in [0.1, 0.15) is 45.7 Å². The van der Waals surface area contributed by atoms with Crippen molar-refractivity contribution in [2.45, 2.75) is 46.2 Å². The zero-order valence-electron chi connectivity index (χ0n) is 18.3. The van der Waals surface area contributed by atoms with Crippen LogP contribution in [0.4, 0.5) is 5.69 Å². The van der Waals surface area contributed by atoms with Gasteiger partial charge in [0.15, 0.2) is 11.5 Å². The molecule has 10 heteroatoms. The van der Waals surface area contributed by atoms with Crippen LogP contribution in [0.5, 0.6) is 11.5 Å². The van der Waals surface area contributed by atoms with Crippen molar-refractivity contribution in [3.63, 3.8) is 0 Å². The molecule has 0 aromatic heterocycles. The summed E-state index contributed by atoms with van der Waals surface area (Å²) in [5.74, 6) is -1.56. The number of carbonyl (C=O) groups excluding carboxylic acids is 1. The number of aliphatic carboxylic acids is 1. The fourth-order valence-electron chi connectivity index (χ4n) is 3.21. The van der Waals surface area contributed by atoms with Crippen molar-refractivity contribution in [1.82, 2.24) is 0 Å². The number of carboxylic acids is 1. The maximum atomic E-state index is 12.6. The highest BCUT2D eigenvalue weighted by molar-refractivity contribution is 7.90. The van der Waals surface area contributed by atoms with Crippen LogP contribution in [0.25, 0.3) is 0 Å². The van der Waals surface area contributed by atoms with Crippen molar-refractivity contribution < 1.29 is 32.6 Å². The van der Waals surface area contributed by atoms with Gasteiger partial charge < -0.3 is 20.3 Å². The lowest BCUT2D eigenvalue weighted by molar-refractivity contribution is -0.140. The van der Waals surface area contributed by atoms with E-state index in [1.807, 2.05) is 13.8 Å². The zero-order chi connectivity index (χ0) is 23.2. The molecule has 1 aromatic rings. The van der Waals surface area contributed by atoms with Crippen molar-refractivity contribution in [2.75, 3.05) is 30.6 Å². The van der Waals surface area contributed by atoms with Crippen LogP contribution >= 0.6 is 0 Å². The number of ether oxygens (including phenoxy) is 2. The van der Waals surface area contributed by atoms with Crippen LogP contribution in [0, 0.1) is 5.92 Å². The third-order valence-corrected chi connectivity index (χ3v) is 5.33. The number of anilines is 1. The fourth-order valence-corrected chi connectivity index (χ4v) is 4.06. The second-order valence-electron chi connectivity index (χ2n) is 7.58. The quantitative estimate of drug-likeness (QED) is 0.529. The molecular formula is C20H32N2O7S.